The summed E-state index contributed by atoms with van der Waals surface area (Å²) in [5.41, 5.74) is 7.35. The standard InChI is InChI=1S/C30H24BrN3O5/c1-16-3-8-24-21(9-16)28-27(30(37)38-24)26(29(39-28)32(2)14-25(35)36)17-4-6-22-18(10-17)12-33-15-34(22)13-19-11-20(31)5-7-23(19)33/h3-11H,12-15H2,1-2H3,(H,35,36). The Morgan fingerprint density at radius 2 is 1.72 bits per heavy atom. The van der Waals surface area contributed by atoms with E-state index in [0.717, 1.165) is 40.1 Å². The molecule has 2 aromatic heterocycles. The minimum atomic E-state index is -0.999. The van der Waals surface area contributed by atoms with Crippen molar-refractivity contribution in [3.8, 4) is 11.1 Å². The van der Waals surface area contributed by atoms with Crippen LogP contribution < -0.4 is 20.3 Å². The van der Waals surface area contributed by atoms with E-state index in [-0.39, 0.29) is 6.54 Å². The maximum absolute atomic E-state index is 13.4. The fraction of sp³-hybridized carbons (Fsp3) is 0.200. The van der Waals surface area contributed by atoms with Crippen LogP contribution in [0.15, 0.2) is 72.7 Å². The fourth-order valence-electron chi connectivity index (χ4n) is 5.88. The zero-order valence-electron chi connectivity index (χ0n) is 21.3. The summed E-state index contributed by atoms with van der Waals surface area (Å²) in [5.74, 6) is -0.679. The molecule has 2 aliphatic rings. The quantitative estimate of drug-likeness (QED) is 0.253. The number of fused-ring (bicyclic) bond motifs is 9. The maximum Gasteiger partial charge on any atom is 0.348 e. The Labute approximate surface area is 231 Å². The monoisotopic (exact) mass is 585 g/mol. The van der Waals surface area contributed by atoms with Crippen molar-refractivity contribution < 1.29 is 18.7 Å². The Morgan fingerprint density at radius 1 is 1.00 bits per heavy atom. The first-order valence-electron chi connectivity index (χ1n) is 12.6. The number of aryl methyl sites for hydroxylation is 1. The van der Waals surface area contributed by atoms with Crippen LogP contribution in [0.2, 0.25) is 0 Å². The molecular weight excluding hydrogens is 562 g/mol. The van der Waals surface area contributed by atoms with Crippen molar-refractivity contribution in [1.29, 1.82) is 0 Å². The van der Waals surface area contributed by atoms with Crippen molar-refractivity contribution in [3.63, 3.8) is 0 Å². The summed E-state index contributed by atoms with van der Waals surface area (Å²) < 4.78 is 13.1. The molecule has 2 aliphatic heterocycles. The van der Waals surface area contributed by atoms with Crippen molar-refractivity contribution in [3.05, 3.63) is 86.2 Å². The molecule has 0 spiro atoms. The Balaban J connectivity index is 1.43. The van der Waals surface area contributed by atoms with Gasteiger partial charge in [-0.25, -0.2) is 4.79 Å². The van der Waals surface area contributed by atoms with Gasteiger partial charge in [-0.2, -0.15) is 0 Å². The number of aliphatic carboxylic acids is 1. The maximum atomic E-state index is 13.4. The Morgan fingerprint density at radius 3 is 2.46 bits per heavy atom. The van der Waals surface area contributed by atoms with Crippen LogP contribution >= 0.6 is 15.9 Å². The van der Waals surface area contributed by atoms with E-state index < -0.39 is 11.6 Å². The molecule has 0 radical (unpaired) electrons. The number of hydrogen-bond acceptors (Lipinski definition) is 7. The summed E-state index contributed by atoms with van der Waals surface area (Å²) in [6, 6.07) is 18.1. The van der Waals surface area contributed by atoms with Crippen molar-refractivity contribution in [2.45, 2.75) is 20.0 Å². The number of carboxylic acid groups (broad SMARTS) is 1. The summed E-state index contributed by atoms with van der Waals surface area (Å²) in [4.78, 5) is 31.2. The molecule has 9 heteroatoms. The number of hydrogen-bond donors (Lipinski definition) is 1. The average Bonchev–Trinajstić information content (AvgIpc) is 3.30. The third-order valence-corrected chi connectivity index (χ3v) is 8.04. The zero-order valence-corrected chi connectivity index (χ0v) is 22.9. The Kier molecular flexibility index (Phi) is 5.28. The number of furan rings is 1. The lowest BCUT2D eigenvalue weighted by Crippen LogP contribution is -2.46. The lowest BCUT2D eigenvalue weighted by atomic mass is 9.96. The van der Waals surface area contributed by atoms with E-state index in [1.807, 2.05) is 25.1 Å². The first kappa shape index (κ1) is 23.8. The smallest absolute Gasteiger partial charge is 0.348 e. The van der Waals surface area contributed by atoms with E-state index in [1.165, 1.54) is 16.2 Å². The number of anilines is 3. The van der Waals surface area contributed by atoms with Crippen molar-refractivity contribution in [2.24, 2.45) is 0 Å². The largest absolute Gasteiger partial charge is 0.480 e. The number of nitrogens with zero attached hydrogens (tertiary/aromatic N) is 3. The van der Waals surface area contributed by atoms with Crippen LogP contribution in [0.3, 0.4) is 0 Å². The van der Waals surface area contributed by atoms with E-state index in [9.17, 15) is 14.7 Å². The fourth-order valence-corrected chi connectivity index (χ4v) is 6.29. The van der Waals surface area contributed by atoms with Crippen LogP contribution in [0.25, 0.3) is 33.1 Å². The topological polar surface area (TPSA) is 90.4 Å². The molecule has 4 heterocycles. The SMILES string of the molecule is Cc1ccc2oc(=O)c3c(-c4ccc5c(c4)CN4CN5Cc5cc(Br)ccc54)c(N(C)CC(=O)O)oc3c2c1. The normalized spacial score (nSPS) is 14.0. The van der Waals surface area contributed by atoms with Crippen molar-refractivity contribution in [1.82, 2.24) is 0 Å². The Bertz CT molecular complexity index is 1890. The van der Waals surface area contributed by atoms with Gasteiger partial charge >= 0.3 is 11.6 Å². The number of likely N-dealkylation sites (N-methyl/N-ethyl adjacent to an activating group) is 1. The highest BCUT2D eigenvalue weighted by Gasteiger charge is 2.31. The highest BCUT2D eigenvalue weighted by atomic mass is 79.9. The van der Waals surface area contributed by atoms with Gasteiger partial charge < -0.3 is 28.6 Å². The lowest BCUT2D eigenvalue weighted by Gasteiger charge is -2.45. The number of benzene rings is 3. The molecule has 0 fully saturated rings. The third-order valence-electron chi connectivity index (χ3n) is 7.55. The van der Waals surface area contributed by atoms with Crippen LogP contribution in [0.4, 0.5) is 17.3 Å². The highest BCUT2D eigenvalue weighted by Crippen LogP contribution is 2.45. The minimum Gasteiger partial charge on any atom is -0.480 e. The first-order valence-corrected chi connectivity index (χ1v) is 13.4. The highest BCUT2D eigenvalue weighted by molar-refractivity contribution is 9.10. The zero-order chi connectivity index (χ0) is 27.0. The van der Waals surface area contributed by atoms with Gasteiger partial charge in [0.2, 0.25) is 5.88 Å². The molecule has 0 aliphatic carbocycles. The average molecular weight is 586 g/mol. The second kappa shape index (κ2) is 8.64. The first-order chi connectivity index (χ1) is 18.8. The summed E-state index contributed by atoms with van der Waals surface area (Å²) in [5, 5.41) is 10.5. The van der Waals surface area contributed by atoms with E-state index in [4.69, 9.17) is 8.83 Å². The van der Waals surface area contributed by atoms with E-state index >= 15 is 0 Å². The van der Waals surface area contributed by atoms with Gasteiger partial charge in [0, 0.05) is 36.0 Å². The lowest BCUT2D eigenvalue weighted by molar-refractivity contribution is -0.135. The van der Waals surface area contributed by atoms with Gasteiger partial charge in [0.15, 0.2) is 5.58 Å². The van der Waals surface area contributed by atoms with Crippen LogP contribution in [-0.2, 0) is 17.9 Å². The molecule has 1 N–H and O–H groups in total. The van der Waals surface area contributed by atoms with E-state index in [0.29, 0.717) is 39.9 Å². The predicted molar refractivity (Wildman–Crippen MR) is 155 cm³/mol. The molecule has 0 amide bonds. The van der Waals surface area contributed by atoms with Crippen molar-refractivity contribution in [2.75, 3.05) is 35.0 Å². The molecule has 8 nitrogen and oxygen atoms in total. The van der Waals surface area contributed by atoms with Crippen LogP contribution in [0.1, 0.15) is 16.7 Å². The van der Waals surface area contributed by atoms with Gasteiger partial charge in [0.25, 0.3) is 0 Å². The Hall–Kier alpha value is -4.24. The molecule has 3 aromatic carbocycles. The van der Waals surface area contributed by atoms with E-state index in [1.54, 1.807) is 13.1 Å². The summed E-state index contributed by atoms with van der Waals surface area (Å²) in [6.07, 6.45) is 0. The number of halogens is 1. The molecule has 39 heavy (non-hydrogen) atoms. The molecule has 5 aromatic rings. The van der Waals surface area contributed by atoms with Gasteiger partial charge in [0.1, 0.15) is 17.5 Å². The molecular formula is C30H24BrN3O5. The second-order valence-electron chi connectivity index (χ2n) is 10.3. The van der Waals surface area contributed by atoms with Gasteiger partial charge in [-0.05, 0) is 66.1 Å². The summed E-state index contributed by atoms with van der Waals surface area (Å²) >= 11 is 3.59. The minimum absolute atomic E-state index is 0.284. The number of carboxylic acids is 1. The molecule has 196 valence electrons. The molecule has 7 rings (SSSR count). The summed E-state index contributed by atoms with van der Waals surface area (Å²) in [6.45, 7) is 3.99. The van der Waals surface area contributed by atoms with E-state index in [2.05, 4.69) is 56.1 Å². The van der Waals surface area contributed by atoms with Gasteiger partial charge in [0.05, 0.1) is 17.6 Å². The predicted octanol–water partition coefficient (Wildman–Crippen LogP) is 6.10. The van der Waals surface area contributed by atoms with Gasteiger partial charge in [-0.1, -0.05) is 33.6 Å². The van der Waals surface area contributed by atoms with Crippen LogP contribution in [0.5, 0.6) is 0 Å². The molecule has 0 atom stereocenters. The summed E-state index contributed by atoms with van der Waals surface area (Å²) in [7, 11) is 1.65. The number of carbonyl (C=O) groups is 1. The number of rotatable bonds is 4. The van der Waals surface area contributed by atoms with Gasteiger partial charge in [-0.3, -0.25) is 4.79 Å². The molecule has 0 saturated heterocycles. The van der Waals surface area contributed by atoms with Crippen LogP contribution in [0, 0.1) is 6.92 Å². The third kappa shape index (κ3) is 3.79. The second-order valence-corrected chi connectivity index (χ2v) is 11.2. The molecule has 2 bridgehead atoms. The van der Waals surface area contributed by atoms with Crippen molar-refractivity contribution >= 4 is 61.1 Å². The molecule has 0 unspecified atom stereocenters. The van der Waals surface area contributed by atoms with Gasteiger partial charge in [-0.15, -0.1) is 0 Å². The van der Waals surface area contributed by atoms with Crippen LogP contribution in [-0.4, -0.2) is 31.3 Å². The molecule has 0 saturated carbocycles.